The van der Waals surface area contributed by atoms with E-state index in [1.165, 1.54) is 16.2 Å². The van der Waals surface area contributed by atoms with Crippen LogP contribution in [0.5, 0.6) is 5.75 Å². The zero-order chi connectivity index (χ0) is 23.5. The van der Waals surface area contributed by atoms with Gasteiger partial charge in [-0.3, -0.25) is 24.2 Å². The summed E-state index contributed by atoms with van der Waals surface area (Å²) >= 11 is 1.44. The molecular formula is C24H26N4O4S. The summed E-state index contributed by atoms with van der Waals surface area (Å²) in [6, 6.07) is 12.3. The Balaban J connectivity index is 1.65. The Morgan fingerprint density at radius 2 is 1.76 bits per heavy atom. The van der Waals surface area contributed by atoms with Gasteiger partial charge in [0, 0.05) is 31.5 Å². The first-order chi connectivity index (χ1) is 15.9. The third kappa shape index (κ3) is 4.74. The molecule has 2 aromatic carbocycles. The molecule has 9 heteroatoms. The van der Waals surface area contributed by atoms with Crippen molar-refractivity contribution in [3.8, 4) is 5.75 Å². The Morgan fingerprint density at radius 3 is 2.39 bits per heavy atom. The van der Waals surface area contributed by atoms with Crippen LogP contribution in [0.25, 0.3) is 10.2 Å². The van der Waals surface area contributed by atoms with E-state index in [2.05, 4.69) is 0 Å². The number of amides is 3. The van der Waals surface area contributed by atoms with Gasteiger partial charge in [-0.1, -0.05) is 17.4 Å². The number of benzene rings is 2. The molecule has 0 unspecified atom stereocenters. The summed E-state index contributed by atoms with van der Waals surface area (Å²) in [5.41, 5.74) is 1.68. The fourth-order valence-corrected chi connectivity index (χ4v) is 4.66. The zero-order valence-corrected chi connectivity index (χ0v) is 19.7. The summed E-state index contributed by atoms with van der Waals surface area (Å²) in [5, 5.41) is 0.595. The van der Waals surface area contributed by atoms with E-state index < -0.39 is 0 Å². The number of hydrogen-bond donors (Lipinski definition) is 0. The molecule has 2 heterocycles. The van der Waals surface area contributed by atoms with Crippen LogP contribution in [0.1, 0.15) is 30.1 Å². The van der Waals surface area contributed by atoms with Crippen LogP contribution in [-0.4, -0.2) is 61.4 Å². The molecule has 0 N–H and O–H groups in total. The van der Waals surface area contributed by atoms with Crippen LogP contribution in [0.4, 0.5) is 10.8 Å². The predicted molar refractivity (Wildman–Crippen MR) is 129 cm³/mol. The van der Waals surface area contributed by atoms with Crippen molar-refractivity contribution in [2.45, 2.75) is 19.8 Å². The van der Waals surface area contributed by atoms with E-state index in [9.17, 15) is 14.4 Å². The van der Waals surface area contributed by atoms with E-state index in [0.717, 1.165) is 10.2 Å². The van der Waals surface area contributed by atoms with Crippen molar-refractivity contribution in [1.82, 2.24) is 9.88 Å². The quantitative estimate of drug-likeness (QED) is 0.472. The number of aromatic nitrogens is 1. The van der Waals surface area contributed by atoms with Gasteiger partial charge in [-0.25, -0.2) is 4.98 Å². The minimum absolute atomic E-state index is 0.195. The van der Waals surface area contributed by atoms with Gasteiger partial charge >= 0.3 is 0 Å². The molecule has 3 amide bonds. The van der Waals surface area contributed by atoms with Gasteiger partial charge < -0.3 is 9.64 Å². The van der Waals surface area contributed by atoms with E-state index in [1.807, 2.05) is 44.1 Å². The molecule has 1 aromatic heterocycles. The average molecular weight is 467 g/mol. The molecule has 0 atom stereocenters. The first-order valence-corrected chi connectivity index (χ1v) is 11.7. The van der Waals surface area contributed by atoms with Gasteiger partial charge in [-0.05, 0) is 57.4 Å². The molecule has 0 aliphatic carbocycles. The predicted octanol–water partition coefficient (Wildman–Crippen LogP) is 3.56. The van der Waals surface area contributed by atoms with Crippen LogP contribution in [0.2, 0.25) is 0 Å². The number of carbonyl (C=O) groups is 3. The Kier molecular flexibility index (Phi) is 6.71. The van der Waals surface area contributed by atoms with E-state index in [1.54, 1.807) is 29.2 Å². The maximum Gasteiger partial charge on any atom is 0.260 e. The monoisotopic (exact) mass is 466 g/mol. The number of hydrogen-bond acceptors (Lipinski definition) is 7. The largest absolute Gasteiger partial charge is 0.492 e. The average Bonchev–Trinajstić information content (AvgIpc) is 3.37. The molecule has 3 aromatic rings. The van der Waals surface area contributed by atoms with Gasteiger partial charge in [-0.2, -0.15) is 0 Å². The Labute approximate surface area is 196 Å². The number of rotatable bonds is 8. The summed E-state index contributed by atoms with van der Waals surface area (Å²) in [4.78, 5) is 47.1. The second-order valence-corrected chi connectivity index (χ2v) is 8.97. The zero-order valence-electron chi connectivity index (χ0n) is 18.9. The molecule has 172 valence electrons. The number of carbonyl (C=O) groups excluding carboxylic acids is 3. The van der Waals surface area contributed by atoms with E-state index >= 15 is 0 Å². The van der Waals surface area contributed by atoms with E-state index in [-0.39, 0.29) is 30.6 Å². The molecule has 0 bridgehead atoms. The summed E-state index contributed by atoms with van der Waals surface area (Å²) < 4.78 is 6.65. The third-order valence-corrected chi connectivity index (χ3v) is 6.38. The standard InChI is InChI=1S/C24H26N4O4S/c1-4-32-18-6-5-7-19-22(18)25-24(33-19)27(15-14-26(2)3)23(31)16-8-10-17(11-9-16)28-20(29)12-13-21(28)30/h5-11H,4,12-15H2,1-3H3. The van der Waals surface area contributed by atoms with E-state index in [0.29, 0.717) is 41.8 Å². The molecule has 1 fully saturated rings. The number of fused-ring (bicyclic) bond motifs is 1. The first kappa shape index (κ1) is 22.9. The number of likely N-dealkylation sites (N-methyl/N-ethyl adjacent to an activating group) is 1. The minimum atomic E-state index is -0.216. The lowest BCUT2D eigenvalue weighted by Crippen LogP contribution is -2.36. The van der Waals surface area contributed by atoms with Crippen molar-refractivity contribution in [3.63, 3.8) is 0 Å². The summed E-state index contributed by atoms with van der Waals surface area (Å²) in [7, 11) is 3.90. The normalized spacial score (nSPS) is 13.9. The lowest BCUT2D eigenvalue weighted by Gasteiger charge is -2.22. The smallest absolute Gasteiger partial charge is 0.260 e. The van der Waals surface area contributed by atoms with Crippen molar-refractivity contribution >= 4 is 50.1 Å². The fraction of sp³-hybridized carbons (Fsp3) is 0.333. The van der Waals surface area contributed by atoms with Gasteiger partial charge in [0.25, 0.3) is 5.91 Å². The topological polar surface area (TPSA) is 83.0 Å². The van der Waals surface area contributed by atoms with Crippen molar-refractivity contribution in [1.29, 1.82) is 0 Å². The highest BCUT2D eigenvalue weighted by molar-refractivity contribution is 7.22. The highest BCUT2D eigenvalue weighted by atomic mass is 32.1. The van der Waals surface area contributed by atoms with E-state index in [4.69, 9.17) is 9.72 Å². The maximum atomic E-state index is 13.5. The van der Waals surface area contributed by atoms with Gasteiger partial charge in [0.15, 0.2) is 5.13 Å². The first-order valence-electron chi connectivity index (χ1n) is 10.8. The van der Waals surface area contributed by atoms with Crippen LogP contribution < -0.4 is 14.5 Å². The van der Waals surface area contributed by atoms with Crippen molar-refractivity contribution < 1.29 is 19.1 Å². The molecule has 0 saturated carbocycles. The second-order valence-electron chi connectivity index (χ2n) is 7.96. The number of thiazole rings is 1. The third-order valence-electron chi connectivity index (χ3n) is 5.34. The van der Waals surface area contributed by atoms with Crippen molar-refractivity contribution in [2.24, 2.45) is 0 Å². The number of imide groups is 1. The van der Waals surface area contributed by atoms with Crippen LogP contribution in [0, 0.1) is 0 Å². The molecule has 1 aliphatic heterocycles. The Hall–Kier alpha value is -3.30. The molecule has 4 rings (SSSR count). The minimum Gasteiger partial charge on any atom is -0.492 e. The number of ether oxygens (including phenoxy) is 1. The molecule has 8 nitrogen and oxygen atoms in total. The molecule has 0 spiro atoms. The highest BCUT2D eigenvalue weighted by Crippen LogP contribution is 2.35. The second kappa shape index (κ2) is 9.68. The maximum absolute atomic E-state index is 13.5. The van der Waals surface area contributed by atoms with Gasteiger partial charge in [0.1, 0.15) is 11.3 Å². The molecule has 1 saturated heterocycles. The highest BCUT2D eigenvalue weighted by Gasteiger charge is 2.30. The Morgan fingerprint density at radius 1 is 1.06 bits per heavy atom. The molecule has 1 aliphatic rings. The lowest BCUT2D eigenvalue weighted by molar-refractivity contribution is -0.121. The fourth-order valence-electron chi connectivity index (χ4n) is 3.66. The SMILES string of the molecule is CCOc1cccc2sc(N(CCN(C)C)C(=O)c3ccc(N4C(=O)CCC4=O)cc3)nc12. The van der Waals surface area contributed by atoms with Crippen molar-refractivity contribution in [2.75, 3.05) is 43.6 Å². The number of anilines is 2. The van der Waals surface area contributed by atoms with Gasteiger partial charge in [-0.15, -0.1) is 0 Å². The van der Waals surface area contributed by atoms with Gasteiger partial charge in [0.2, 0.25) is 11.8 Å². The molecular weight excluding hydrogens is 440 g/mol. The molecule has 0 radical (unpaired) electrons. The Bertz CT molecular complexity index is 1170. The summed E-state index contributed by atoms with van der Waals surface area (Å²) in [6.45, 7) is 3.57. The van der Waals surface area contributed by atoms with Crippen LogP contribution in [-0.2, 0) is 9.59 Å². The van der Waals surface area contributed by atoms with Crippen LogP contribution >= 0.6 is 11.3 Å². The summed E-state index contributed by atoms with van der Waals surface area (Å²) in [5.74, 6) is 0.0684. The van der Waals surface area contributed by atoms with Crippen LogP contribution in [0.15, 0.2) is 42.5 Å². The van der Waals surface area contributed by atoms with Crippen LogP contribution in [0.3, 0.4) is 0 Å². The summed E-state index contributed by atoms with van der Waals surface area (Å²) in [6.07, 6.45) is 0.443. The number of para-hydroxylation sites is 1. The molecule has 33 heavy (non-hydrogen) atoms. The lowest BCUT2D eigenvalue weighted by atomic mass is 10.1. The van der Waals surface area contributed by atoms with Gasteiger partial charge in [0.05, 0.1) is 17.0 Å². The van der Waals surface area contributed by atoms with Crippen molar-refractivity contribution in [3.05, 3.63) is 48.0 Å². The number of nitrogens with zero attached hydrogens (tertiary/aromatic N) is 4.